The van der Waals surface area contributed by atoms with Crippen LogP contribution in [0.1, 0.15) is 30.5 Å². The highest BCUT2D eigenvalue weighted by Gasteiger charge is 2.30. The number of benzene rings is 3. The molecule has 0 aliphatic carbocycles. The highest BCUT2D eigenvalue weighted by molar-refractivity contribution is 7.99. The van der Waals surface area contributed by atoms with E-state index in [0.29, 0.717) is 41.2 Å². The molecule has 3 aromatic carbocycles. The second-order valence-electron chi connectivity index (χ2n) is 9.08. The molecular formula is C29H32Cl2N2O2S. The molecule has 190 valence electrons. The van der Waals surface area contributed by atoms with Crippen LogP contribution >= 0.6 is 35.0 Å². The minimum Gasteiger partial charge on any atom is -0.354 e. The summed E-state index contributed by atoms with van der Waals surface area (Å²) in [5.74, 6) is 0.913. The Morgan fingerprint density at radius 3 is 2.22 bits per heavy atom. The molecule has 4 nitrogen and oxygen atoms in total. The molecule has 0 radical (unpaired) electrons. The number of carbonyl (C=O) groups is 2. The van der Waals surface area contributed by atoms with Gasteiger partial charge < -0.3 is 10.2 Å². The molecule has 3 aromatic rings. The van der Waals surface area contributed by atoms with Gasteiger partial charge in [-0.1, -0.05) is 97.7 Å². The summed E-state index contributed by atoms with van der Waals surface area (Å²) >= 11 is 13.9. The molecule has 36 heavy (non-hydrogen) atoms. The van der Waals surface area contributed by atoms with Crippen molar-refractivity contribution in [1.82, 2.24) is 10.2 Å². The van der Waals surface area contributed by atoms with Gasteiger partial charge in [-0.3, -0.25) is 9.59 Å². The zero-order valence-corrected chi connectivity index (χ0v) is 23.0. The van der Waals surface area contributed by atoms with Crippen molar-refractivity contribution in [2.45, 2.75) is 38.6 Å². The fraction of sp³-hybridized carbons (Fsp3) is 0.310. The summed E-state index contributed by atoms with van der Waals surface area (Å²) in [6.45, 7) is 4.96. The molecule has 0 saturated carbocycles. The third-order valence-corrected chi connectivity index (χ3v) is 7.25. The van der Waals surface area contributed by atoms with Crippen LogP contribution < -0.4 is 5.32 Å². The van der Waals surface area contributed by atoms with Crippen molar-refractivity contribution in [3.63, 3.8) is 0 Å². The van der Waals surface area contributed by atoms with Gasteiger partial charge in [0.2, 0.25) is 11.8 Å². The number of hydrogen-bond donors (Lipinski definition) is 1. The van der Waals surface area contributed by atoms with Crippen molar-refractivity contribution < 1.29 is 9.59 Å². The molecule has 0 aliphatic rings. The fourth-order valence-electron chi connectivity index (χ4n) is 3.71. The van der Waals surface area contributed by atoms with E-state index in [1.165, 1.54) is 11.8 Å². The van der Waals surface area contributed by atoms with E-state index in [0.717, 1.165) is 16.7 Å². The van der Waals surface area contributed by atoms with E-state index < -0.39 is 6.04 Å². The van der Waals surface area contributed by atoms with Crippen LogP contribution in [0.25, 0.3) is 0 Å². The number of nitrogens with zero attached hydrogens (tertiary/aromatic N) is 1. The highest BCUT2D eigenvalue weighted by atomic mass is 35.5. The lowest BCUT2D eigenvalue weighted by Gasteiger charge is -2.32. The van der Waals surface area contributed by atoms with Crippen LogP contribution in [-0.2, 0) is 28.3 Å². The summed E-state index contributed by atoms with van der Waals surface area (Å²) in [5.41, 5.74) is 2.90. The monoisotopic (exact) mass is 542 g/mol. The van der Waals surface area contributed by atoms with E-state index >= 15 is 0 Å². The summed E-state index contributed by atoms with van der Waals surface area (Å²) in [4.78, 5) is 28.8. The molecule has 7 heteroatoms. The van der Waals surface area contributed by atoms with Gasteiger partial charge in [-0.2, -0.15) is 0 Å². The van der Waals surface area contributed by atoms with E-state index in [1.807, 2.05) is 66.7 Å². The summed E-state index contributed by atoms with van der Waals surface area (Å²) < 4.78 is 0. The maximum atomic E-state index is 13.6. The van der Waals surface area contributed by atoms with Gasteiger partial charge in [0.25, 0.3) is 0 Å². The fourth-order valence-corrected chi connectivity index (χ4v) is 5.03. The number of carbonyl (C=O) groups excluding carboxylic acids is 2. The van der Waals surface area contributed by atoms with E-state index in [1.54, 1.807) is 17.0 Å². The minimum atomic E-state index is -0.643. The molecule has 3 rings (SSSR count). The van der Waals surface area contributed by atoms with Gasteiger partial charge in [0.05, 0.1) is 5.75 Å². The van der Waals surface area contributed by atoms with Crippen molar-refractivity contribution in [1.29, 1.82) is 0 Å². The number of amides is 2. The topological polar surface area (TPSA) is 49.4 Å². The van der Waals surface area contributed by atoms with Crippen LogP contribution in [0, 0.1) is 5.92 Å². The lowest BCUT2D eigenvalue weighted by atomic mass is 10.0. The van der Waals surface area contributed by atoms with Crippen LogP contribution in [-0.4, -0.2) is 35.1 Å². The summed E-state index contributed by atoms with van der Waals surface area (Å²) in [5, 5.41) is 4.36. The van der Waals surface area contributed by atoms with Crippen LogP contribution in [0.2, 0.25) is 10.0 Å². The normalized spacial score (nSPS) is 11.8. The Kier molecular flexibility index (Phi) is 11.2. The lowest BCUT2D eigenvalue weighted by molar-refractivity contribution is -0.139. The minimum absolute atomic E-state index is 0.0948. The maximum Gasteiger partial charge on any atom is 0.243 e. The first-order valence-corrected chi connectivity index (χ1v) is 13.9. The molecular weight excluding hydrogens is 511 g/mol. The van der Waals surface area contributed by atoms with Gasteiger partial charge in [-0.15, -0.1) is 11.8 Å². The van der Waals surface area contributed by atoms with Crippen LogP contribution in [0.3, 0.4) is 0 Å². The lowest BCUT2D eigenvalue weighted by Crippen LogP contribution is -2.51. The van der Waals surface area contributed by atoms with E-state index in [2.05, 4.69) is 19.2 Å². The summed E-state index contributed by atoms with van der Waals surface area (Å²) in [7, 11) is 0. The molecule has 0 bridgehead atoms. The van der Waals surface area contributed by atoms with Gasteiger partial charge in [0.1, 0.15) is 6.04 Å². The maximum absolute atomic E-state index is 13.6. The third-order valence-electron chi connectivity index (χ3n) is 5.66. The number of halogens is 2. The first kappa shape index (κ1) is 28.1. The highest BCUT2D eigenvalue weighted by Crippen LogP contribution is 2.23. The van der Waals surface area contributed by atoms with Crippen LogP contribution in [0.4, 0.5) is 0 Å². The van der Waals surface area contributed by atoms with E-state index in [4.69, 9.17) is 23.2 Å². The van der Waals surface area contributed by atoms with Crippen LogP contribution in [0.15, 0.2) is 78.9 Å². The first-order valence-electron chi connectivity index (χ1n) is 12.0. The predicted molar refractivity (Wildman–Crippen MR) is 151 cm³/mol. The largest absolute Gasteiger partial charge is 0.354 e. The molecule has 2 amide bonds. The van der Waals surface area contributed by atoms with Crippen molar-refractivity contribution in [3.8, 4) is 0 Å². The SMILES string of the molecule is CC(C)CNC(=O)[C@H](Cc1ccccc1)N(Cc1ccc(Cl)cc1)C(=O)CSCc1ccccc1Cl. The summed E-state index contributed by atoms with van der Waals surface area (Å²) in [6.07, 6.45) is 0.430. The van der Waals surface area contributed by atoms with E-state index in [9.17, 15) is 9.59 Å². The Hall–Kier alpha value is -2.47. The third kappa shape index (κ3) is 8.88. The Labute approximate surface area is 228 Å². The summed E-state index contributed by atoms with van der Waals surface area (Å²) in [6, 6.07) is 24.2. The molecule has 0 fully saturated rings. The first-order chi connectivity index (χ1) is 17.3. The van der Waals surface area contributed by atoms with Gasteiger partial charge in [-0.05, 0) is 40.8 Å². The number of nitrogens with one attached hydrogen (secondary N) is 1. The van der Waals surface area contributed by atoms with Crippen molar-refractivity contribution in [3.05, 3.63) is 106 Å². The Bertz CT molecular complexity index is 1120. The average Bonchev–Trinajstić information content (AvgIpc) is 2.87. The molecule has 0 unspecified atom stereocenters. The second-order valence-corrected chi connectivity index (χ2v) is 10.9. The Morgan fingerprint density at radius 2 is 1.56 bits per heavy atom. The van der Waals surface area contributed by atoms with Crippen LogP contribution in [0.5, 0.6) is 0 Å². The smallest absolute Gasteiger partial charge is 0.243 e. The molecule has 0 saturated heterocycles. The second kappa shape index (κ2) is 14.3. The van der Waals surface area contributed by atoms with Gasteiger partial charge in [0, 0.05) is 35.3 Å². The molecule has 0 heterocycles. The zero-order valence-electron chi connectivity index (χ0n) is 20.6. The Balaban J connectivity index is 1.84. The van der Waals surface area contributed by atoms with E-state index in [-0.39, 0.29) is 17.6 Å². The standard InChI is InChI=1S/C29H32Cl2N2O2S/c1-21(2)17-32-29(35)27(16-22-8-4-3-5-9-22)33(18-23-12-14-25(30)15-13-23)28(34)20-36-19-24-10-6-7-11-26(24)31/h3-15,21,27H,16-20H2,1-2H3,(H,32,35)/t27-/m0/s1. The quantitative estimate of drug-likeness (QED) is 0.279. The molecule has 1 atom stereocenters. The van der Waals surface area contributed by atoms with Gasteiger partial charge in [-0.25, -0.2) is 0 Å². The number of rotatable bonds is 12. The molecule has 1 N–H and O–H groups in total. The van der Waals surface area contributed by atoms with Crippen molar-refractivity contribution in [2.24, 2.45) is 5.92 Å². The molecule has 0 aliphatic heterocycles. The number of hydrogen-bond acceptors (Lipinski definition) is 3. The number of thioether (sulfide) groups is 1. The van der Waals surface area contributed by atoms with Gasteiger partial charge >= 0.3 is 0 Å². The molecule has 0 aromatic heterocycles. The predicted octanol–water partition coefficient (Wildman–Crippen LogP) is 6.64. The Morgan fingerprint density at radius 1 is 0.889 bits per heavy atom. The molecule has 0 spiro atoms. The van der Waals surface area contributed by atoms with Crippen molar-refractivity contribution in [2.75, 3.05) is 12.3 Å². The van der Waals surface area contributed by atoms with Gasteiger partial charge in [0.15, 0.2) is 0 Å². The zero-order chi connectivity index (χ0) is 25.9. The van der Waals surface area contributed by atoms with Crippen molar-refractivity contribution >= 4 is 46.8 Å². The average molecular weight is 544 g/mol.